The Hall–Kier alpha value is -2.15. The summed E-state index contributed by atoms with van der Waals surface area (Å²) in [5.41, 5.74) is -0.956. The Morgan fingerprint density at radius 1 is 1.43 bits per heavy atom. The van der Waals surface area contributed by atoms with Gasteiger partial charge in [0.15, 0.2) is 5.60 Å². The molecule has 0 radical (unpaired) electrons. The van der Waals surface area contributed by atoms with Gasteiger partial charge in [0.2, 0.25) is 0 Å². The molecule has 0 bridgehead atoms. The van der Waals surface area contributed by atoms with Crippen LogP contribution in [0.25, 0.3) is 0 Å². The van der Waals surface area contributed by atoms with Crippen LogP contribution in [0.3, 0.4) is 0 Å². The molecule has 2 amide bonds. The minimum Gasteiger partial charge on any atom is -0.479 e. The summed E-state index contributed by atoms with van der Waals surface area (Å²) >= 11 is 0. The monoisotopic (exact) mass is 298 g/mol. The van der Waals surface area contributed by atoms with Gasteiger partial charge in [-0.05, 0) is 38.0 Å². The number of carboxylic acids is 1. The number of aryl methyl sites for hydroxylation is 1. The predicted molar refractivity (Wildman–Crippen MR) is 74.3 cm³/mol. The number of benzene rings is 1. The quantitative estimate of drug-likeness (QED) is 0.659. The third-order valence-electron chi connectivity index (χ3n) is 3.10. The fraction of sp³-hybridized carbons (Fsp3) is 0.429. The van der Waals surface area contributed by atoms with E-state index in [1.807, 2.05) is 0 Å². The van der Waals surface area contributed by atoms with Gasteiger partial charge >= 0.3 is 12.0 Å². The number of amides is 2. The topological polar surface area (TPSA) is 98.7 Å². The van der Waals surface area contributed by atoms with Crippen molar-refractivity contribution in [3.63, 3.8) is 0 Å². The van der Waals surface area contributed by atoms with Gasteiger partial charge in [-0.1, -0.05) is 12.1 Å². The van der Waals surface area contributed by atoms with Crippen LogP contribution in [-0.4, -0.2) is 34.4 Å². The number of carbonyl (C=O) groups is 2. The average molecular weight is 298 g/mol. The van der Waals surface area contributed by atoms with E-state index in [4.69, 9.17) is 5.11 Å². The molecule has 0 aliphatic rings. The molecule has 0 heterocycles. The molecule has 0 fully saturated rings. The van der Waals surface area contributed by atoms with Crippen LogP contribution in [0, 0.1) is 12.7 Å². The normalized spacial score (nSPS) is 14.9. The molecule has 1 rings (SSSR count). The number of nitrogens with one attached hydrogen (secondary N) is 2. The molecule has 1 aromatic rings. The van der Waals surface area contributed by atoms with Crippen LogP contribution in [0.2, 0.25) is 0 Å². The van der Waals surface area contributed by atoms with Gasteiger partial charge in [0.05, 0.1) is 12.6 Å². The van der Waals surface area contributed by atoms with E-state index in [1.165, 1.54) is 6.07 Å². The SMILES string of the molecule is Cc1ccc(C(C)NC(=O)NCC(C)(O)C(=O)O)cc1F. The number of hydrogen-bond acceptors (Lipinski definition) is 3. The summed E-state index contributed by atoms with van der Waals surface area (Å²) in [4.78, 5) is 22.3. The van der Waals surface area contributed by atoms with E-state index in [9.17, 15) is 19.1 Å². The maximum Gasteiger partial charge on any atom is 0.337 e. The molecule has 0 aliphatic heterocycles. The van der Waals surface area contributed by atoms with Crippen molar-refractivity contribution in [3.8, 4) is 0 Å². The summed E-state index contributed by atoms with van der Waals surface area (Å²) in [7, 11) is 0. The summed E-state index contributed by atoms with van der Waals surface area (Å²) in [5, 5.41) is 23.0. The highest BCUT2D eigenvalue weighted by molar-refractivity contribution is 5.79. The van der Waals surface area contributed by atoms with Crippen LogP contribution in [0.4, 0.5) is 9.18 Å². The highest BCUT2D eigenvalue weighted by Crippen LogP contribution is 2.16. The van der Waals surface area contributed by atoms with Gasteiger partial charge < -0.3 is 20.8 Å². The fourth-order valence-corrected chi connectivity index (χ4v) is 1.54. The zero-order valence-electron chi connectivity index (χ0n) is 12.1. The van der Waals surface area contributed by atoms with Crippen molar-refractivity contribution in [1.82, 2.24) is 10.6 Å². The maximum absolute atomic E-state index is 13.4. The molecule has 2 unspecified atom stereocenters. The number of urea groups is 1. The van der Waals surface area contributed by atoms with Crippen LogP contribution in [0.1, 0.15) is 31.0 Å². The van der Waals surface area contributed by atoms with Gasteiger partial charge in [0.1, 0.15) is 5.82 Å². The largest absolute Gasteiger partial charge is 0.479 e. The summed E-state index contributed by atoms with van der Waals surface area (Å²) in [6.45, 7) is 3.94. The van der Waals surface area contributed by atoms with Crippen molar-refractivity contribution in [2.75, 3.05) is 6.54 Å². The van der Waals surface area contributed by atoms with Gasteiger partial charge in [-0.3, -0.25) is 0 Å². The van der Waals surface area contributed by atoms with Crippen LogP contribution < -0.4 is 10.6 Å². The second-order valence-electron chi connectivity index (χ2n) is 5.14. The number of carbonyl (C=O) groups excluding carboxylic acids is 1. The molecule has 0 saturated heterocycles. The fourth-order valence-electron chi connectivity index (χ4n) is 1.54. The summed E-state index contributed by atoms with van der Waals surface area (Å²) < 4.78 is 13.4. The minimum absolute atomic E-state index is 0.365. The maximum atomic E-state index is 13.4. The van der Waals surface area contributed by atoms with Crippen molar-refractivity contribution in [1.29, 1.82) is 0 Å². The van der Waals surface area contributed by atoms with E-state index < -0.39 is 30.2 Å². The molecular formula is C14H19FN2O4. The Kier molecular flexibility index (Phi) is 5.26. The Morgan fingerprint density at radius 3 is 2.57 bits per heavy atom. The molecule has 116 valence electrons. The zero-order chi connectivity index (χ0) is 16.2. The summed E-state index contributed by atoms with van der Waals surface area (Å²) in [6, 6.07) is 3.51. The number of aliphatic hydroxyl groups is 1. The molecule has 21 heavy (non-hydrogen) atoms. The zero-order valence-corrected chi connectivity index (χ0v) is 12.1. The highest BCUT2D eigenvalue weighted by Gasteiger charge is 2.30. The lowest BCUT2D eigenvalue weighted by Crippen LogP contribution is -2.49. The minimum atomic E-state index is -2.05. The predicted octanol–water partition coefficient (Wildman–Crippen LogP) is 1.33. The Balaban J connectivity index is 2.58. The third-order valence-corrected chi connectivity index (χ3v) is 3.10. The van der Waals surface area contributed by atoms with Gasteiger partial charge in [0.25, 0.3) is 0 Å². The molecule has 4 N–H and O–H groups in total. The van der Waals surface area contributed by atoms with Gasteiger partial charge in [-0.2, -0.15) is 0 Å². The van der Waals surface area contributed by atoms with Crippen LogP contribution in [0.15, 0.2) is 18.2 Å². The molecule has 0 aliphatic carbocycles. The number of carboxylic acid groups (broad SMARTS) is 1. The standard InChI is InChI=1S/C14H19FN2O4/c1-8-4-5-10(6-11(8)15)9(2)17-13(20)16-7-14(3,21)12(18)19/h4-6,9,21H,7H2,1-3H3,(H,18,19)(H2,16,17,20). The van der Waals surface area contributed by atoms with Crippen molar-refractivity contribution in [2.45, 2.75) is 32.4 Å². The lowest BCUT2D eigenvalue weighted by atomic mass is 10.1. The number of hydrogen-bond donors (Lipinski definition) is 4. The first kappa shape index (κ1) is 16.9. The third kappa shape index (κ3) is 4.71. The van der Waals surface area contributed by atoms with Crippen molar-refractivity contribution in [2.24, 2.45) is 0 Å². The smallest absolute Gasteiger partial charge is 0.337 e. The highest BCUT2D eigenvalue weighted by atomic mass is 19.1. The molecule has 1 aromatic carbocycles. The molecule has 0 aromatic heterocycles. The molecule has 0 spiro atoms. The lowest BCUT2D eigenvalue weighted by Gasteiger charge is -2.20. The van der Waals surface area contributed by atoms with E-state index in [2.05, 4.69) is 10.6 Å². The number of aliphatic carboxylic acids is 1. The van der Waals surface area contributed by atoms with Crippen LogP contribution >= 0.6 is 0 Å². The van der Waals surface area contributed by atoms with Gasteiger partial charge in [-0.15, -0.1) is 0 Å². The van der Waals surface area contributed by atoms with E-state index in [0.29, 0.717) is 11.1 Å². The Morgan fingerprint density at radius 2 is 2.05 bits per heavy atom. The van der Waals surface area contributed by atoms with Crippen molar-refractivity contribution >= 4 is 12.0 Å². The summed E-state index contributed by atoms with van der Waals surface area (Å²) in [5.74, 6) is -1.80. The van der Waals surface area contributed by atoms with Crippen molar-refractivity contribution < 1.29 is 24.2 Å². The first-order chi connectivity index (χ1) is 9.63. The van der Waals surface area contributed by atoms with Crippen LogP contribution in [0.5, 0.6) is 0 Å². The molecule has 2 atom stereocenters. The number of halogens is 1. The van der Waals surface area contributed by atoms with Crippen LogP contribution in [-0.2, 0) is 4.79 Å². The molecule has 7 heteroatoms. The van der Waals surface area contributed by atoms with Gasteiger partial charge in [-0.25, -0.2) is 14.0 Å². The van der Waals surface area contributed by atoms with E-state index in [-0.39, 0.29) is 5.82 Å². The molecular weight excluding hydrogens is 279 g/mol. The van der Waals surface area contributed by atoms with Gasteiger partial charge in [0, 0.05) is 0 Å². The van der Waals surface area contributed by atoms with Crippen molar-refractivity contribution in [3.05, 3.63) is 35.1 Å². The Labute approximate surface area is 122 Å². The first-order valence-corrected chi connectivity index (χ1v) is 6.39. The lowest BCUT2D eigenvalue weighted by molar-refractivity contribution is -0.155. The molecule has 6 nitrogen and oxygen atoms in total. The average Bonchev–Trinajstić information content (AvgIpc) is 2.39. The summed E-state index contributed by atoms with van der Waals surface area (Å²) in [6.07, 6.45) is 0. The van der Waals surface area contributed by atoms with E-state index in [1.54, 1.807) is 26.0 Å². The molecule has 0 saturated carbocycles. The first-order valence-electron chi connectivity index (χ1n) is 6.39. The second-order valence-corrected chi connectivity index (χ2v) is 5.14. The number of rotatable bonds is 5. The van der Waals surface area contributed by atoms with E-state index in [0.717, 1.165) is 6.92 Å². The second kappa shape index (κ2) is 6.53. The van der Waals surface area contributed by atoms with E-state index >= 15 is 0 Å². The Bertz CT molecular complexity index is 546.